The zero-order chi connectivity index (χ0) is 14.9. The molecule has 114 valence electrons. The van der Waals surface area contributed by atoms with Crippen molar-refractivity contribution in [2.75, 3.05) is 19.7 Å². The van der Waals surface area contributed by atoms with Crippen molar-refractivity contribution >= 4 is 27.8 Å². The van der Waals surface area contributed by atoms with Gasteiger partial charge in [0.25, 0.3) is 0 Å². The van der Waals surface area contributed by atoms with E-state index in [0.717, 1.165) is 12.8 Å². The molecule has 3 rings (SSSR count). The lowest BCUT2D eigenvalue weighted by Crippen LogP contribution is -2.27. The summed E-state index contributed by atoms with van der Waals surface area (Å²) >= 11 is 1.32. The van der Waals surface area contributed by atoms with Crippen molar-refractivity contribution in [2.24, 2.45) is 0 Å². The van der Waals surface area contributed by atoms with Crippen LogP contribution in [0.1, 0.15) is 19.3 Å². The van der Waals surface area contributed by atoms with E-state index in [0.29, 0.717) is 31.1 Å². The quantitative estimate of drug-likeness (QED) is 0.775. The first-order valence-electron chi connectivity index (χ1n) is 6.87. The standard InChI is InChI=1S/C13H16N2O4S2/c16-13-11(5-8-19-13)20-12-4-3-10(9-14-12)21(17,18)15-6-1-2-7-15/h3-4,9,11H,1-2,5-8H2. The summed E-state index contributed by atoms with van der Waals surface area (Å²) in [7, 11) is -3.42. The second kappa shape index (κ2) is 5.94. The van der Waals surface area contributed by atoms with Gasteiger partial charge in [-0.05, 0) is 25.0 Å². The van der Waals surface area contributed by atoms with Crippen LogP contribution in [-0.2, 0) is 19.6 Å². The van der Waals surface area contributed by atoms with Gasteiger partial charge in [0.1, 0.15) is 10.1 Å². The van der Waals surface area contributed by atoms with Crippen molar-refractivity contribution in [3.8, 4) is 0 Å². The van der Waals surface area contributed by atoms with E-state index in [4.69, 9.17) is 4.74 Å². The van der Waals surface area contributed by atoms with Crippen molar-refractivity contribution in [2.45, 2.75) is 34.4 Å². The molecular weight excluding hydrogens is 312 g/mol. The first kappa shape index (κ1) is 14.8. The average molecular weight is 328 g/mol. The van der Waals surface area contributed by atoms with E-state index in [9.17, 15) is 13.2 Å². The summed E-state index contributed by atoms with van der Waals surface area (Å²) in [5.74, 6) is -0.226. The number of carbonyl (C=O) groups excluding carboxylic acids is 1. The van der Waals surface area contributed by atoms with Crippen LogP contribution < -0.4 is 0 Å². The van der Waals surface area contributed by atoms with Gasteiger partial charge in [0.05, 0.1) is 11.6 Å². The molecule has 0 saturated carbocycles. The van der Waals surface area contributed by atoms with E-state index >= 15 is 0 Å². The molecule has 8 heteroatoms. The topological polar surface area (TPSA) is 76.6 Å². The van der Waals surface area contributed by atoms with Crippen molar-refractivity contribution in [1.29, 1.82) is 0 Å². The summed E-state index contributed by atoms with van der Waals surface area (Å²) in [4.78, 5) is 15.8. The van der Waals surface area contributed by atoms with Crippen LogP contribution >= 0.6 is 11.8 Å². The average Bonchev–Trinajstić information content (AvgIpc) is 3.12. The van der Waals surface area contributed by atoms with Gasteiger partial charge in [-0.25, -0.2) is 13.4 Å². The summed E-state index contributed by atoms with van der Waals surface area (Å²) in [6, 6.07) is 3.21. The minimum Gasteiger partial charge on any atom is -0.465 e. The lowest BCUT2D eigenvalue weighted by atomic mass is 10.4. The zero-order valence-electron chi connectivity index (χ0n) is 11.4. The number of thioether (sulfide) groups is 1. The van der Waals surface area contributed by atoms with Crippen molar-refractivity contribution in [3.05, 3.63) is 18.3 Å². The maximum atomic E-state index is 12.3. The number of ether oxygens (including phenoxy) is 1. The molecule has 2 aliphatic heterocycles. The smallest absolute Gasteiger partial charge is 0.319 e. The Kier molecular flexibility index (Phi) is 4.19. The molecule has 0 bridgehead atoms. The number of esters is 1. The van der Waals surface area contributed by atoms with Crippen LogP contribution in [0.5, 0.6) is 0 Å². The highest BCUT2D eigenvalue weighted by atomic mass is 32.2. The molecule has 0 aliphatic carbocycles. The Morgan fingerprint density at radius 2 is 2.05 bits per heavy atom. The number of sulfonamides is 1. The highest BCUT2D eigenvalue weighted by Gasteiger charge is 2.29. The molecule has 0 aromatic carbocycles. The lowest BCUT2D eigenvalue weighted by molar-refractivity contribution is -0.137. The van der Waals surface area contributed by atoms with Crippen LogP contribution in [0.2, 0.25) is 0 Å². The second-order valence-corrected chi connectivity index (χ2v) is 8.17. The van der Waals surface area contributed by atoms with E-state index in [1.54, 1.807) is 12.1 Å². The fraction of sp³-hybridized carbons (Fsp3) is 0.538. The van der Waals surface area contributed by atoms with Crippen LogP contribution in [0.15, 0.2) is 28.3 Å². The highest BCUT2D eigenvalue weighted by Crippen LogP contribution is 2.29. The highest BCUT2D eigenvalue weighted by molar-refractivity contribution is 8.00. The molecule has 1 atom stereocenters. The third-order valence-electron chi connectivity index (χ3n) is 3.56. The molecule has 3 heterocycles. The largest absolute Gasteiger partial charge is 0.465 e. The van der Waals surface area contributed by atoms with Gasteiger partial charge >= 0.3 is 5.97 Å². The summed E-state index contributed by atoms with van der Waals surface area (Å²) in [6.45, 7) is 1.59. The predicted octanol–water partition coefficient (Wildman–Crippen LogP) is 1.27. The fourth-order valence-electron chi connectivity index (χ4n) is 2.40. The van der Waals surface area contributed by atoms with Gasteiger partial charge in [-0.1, -0.05) is 11.8 Å². The Morgan fingerprint density at radius 3 is 2.62 bits per heavy atom. The summed E-state index contributed by atoms with van der Waals surface area (Å²) < 4.78 is 31.1. The summed E-state index contributed by atoms with van der Waals surface area (Å²) in [5, 5.41) is 0.401. The van der Waals surface area contributed by atoms with Gasteiger partial charge in [0.2, 0.25) is 10.0 Å². The SMILES string of the molecule is O=C1OCCC1Sc1ccc(S(=O)(=O)N2CCCC2)cn1. The molecule has 1 unspecified atom stereocenters. The molecule has 0 N–H and O–H groups in total. The normalized spacial score (nSPS) is 23.4. The first-order chi connectivity index (χ1) is 10.1. The molecule has 2 saturated heterocycles. The second-order valence-electron chi connectivity index (χ2n) is 5.01. The number of aromatic nitrogens is 1. The van der Waals surface area contributed by atoms with Crippen LogP contribution in [0.4, 0.5) is 0 Å². The van der Waals surface area contributed by atoms with E-state index < -0.39 is 10.0 Å². The molecule has 0 amide bonds. The summed E-state index contributed by atoms with van der Waals surface area (Å²) in [6.07, 6.45) is 3.85. The molecule has 21 heavy (non-hydrogen) atoms. The number of cyclic esters (lactones) is 1. The monoisotopic (exact) mass is 328 g/mol. The van der Waals surface area contributed by atoms with Crippen LogP contribution in [0.3, 0.4) is 0 Å². The van der Waals surface area contributed by atoms with Crippen LogP contribution in [0.25, 0.3) is 0 Å². The Hall–Kier alpha value is -1.12. The Labute approximate surface area is 127 Å². The lowest BCUT2D eigenvalue weighted by Gasteiger charge is -2.15. The van der Waals surface area contributed by atoms with E-state index in [1.807, 2.05) is 0 Å². The maximum absolute atomic E-state index is 12.3. The number of pyridine rings is 1. The molecule has 2 aliphatic rings. The molecule has 1 aromatic heterocycles. The summed E-state index contributed by atoms with van der Waals surface area (Å²) in [5.41, 5.74) is 0. The minimum absolute atomic E-state index is 0.211. The van der Waals surface area contributed by atoms with Crippen molar-refractivity contribution in [3.63, 3.8) is 0 Å². The Balaban J connectivity index is 1.73. The number of hydrogen-bond donors (Lipinski definition) is 0. The molecular formula is C13H16N2O4S2. The number of carbonyl (C=O) groups is 1. The molecule has 0 spiro atoms. The number of rotatable bonds is 4. The number of nitrogens with zero attached hydrogens (tertiary/aromatic N) is 2. The Bertz CT molecular complexity index is 624. The third-order valence-corrected chi connectivity index (χ3v) is 6.64. The fourth-order valence-corrected chi connectivity index (χ4v) is 4.79. The van der Waals surface area contributed by atoms with Gasteiger partial charge in [0, 0.05) is 25.7 Å². The van der Waals surface area contributed by atoms with Gasteiger partial charge in [0.15, 0.2) is 0 Å². The van der Waals surface area contributed by atoms with Crippen LogP contribution in [0, 0.1) is 0 Å². The molecule has 6 nitrogen and oxygen atoms in total. The van der Waals surface area contributed by atoms with Gasteiger partial charge in [-0.15, -0.1) is 0 Å². The van der Waals surface area contributed by atoms with Crippen molar-refractivity contribution < 1.29 is 17.9 Å². The van der Waals surface area contributed by atoms with E-state index in [2.05, 4.69) is 4.98 Å². The number of hydrogen-bond acceptors (Lipinski definition) is 6. The van der Waals surface area contributed by atoms with Crippen molar-refractivity contribution in [1.82, 2.24) is 9.29 Å². The zero-order valence-corrected chi connectivity index (χ0v) is 13.0. The van der Waals surface area contributed by atoms with Gasteiger partial charge in [-0.2, -0.15) is 4.31 Å². The predicted molar refractivity (Wildman–Crippen MR) is 77.5 cm³/mol. The Morgan fingerprint density at radius 1 is 1.29 bits per heavy atom. The minimum atomic E-state index is -3.42. The molecule has 0 radical (unpaired) electrons. The maximum Gasteiger partial charge on any atom is 0.319 e. The van der Waals surface area contributed by atoms with Gasteiger partial charge in [-0.3, -0.25) is 4.79 Å². The van der Waals surface area contributed by atoms with Crippen LogP contribution in [-0.4, -0.2) is 48.6 Å². The third kappa shape index (κ3) is 3.07. The molecule has 1 aromatic rings. The van der Waals surface area contributed by atoms with E-state index in [1.165, 1.54) is 22.3 Å². The molecule has 2 fully saturated rings. The van der Waals surface area contributed by atoms with E-state index in [-0.39, 0.29) is 16.1 Å². The van der Waals surface area contributed by atoms with Gasteiger partial charge < -0.3 is 4.74 Å². The first-order valence-corrected chi connectivity index (χ1v) is 9.19.